The van der Waals surface area contributed by atoms with Gasteiger partial charge in [0.25, 0.3) is 11.8 Å². The van der Waals surface area contributed by atoms with E-state index in [0.717, 1.165) is 27.7 Å². The van der Waals surface area contributed by atoms with E-state index in [4.69, 9.17) is 9.47 Å². The van der Waals surface area contributed by atoms with Gasteiger partial charge >= 0.3 is 12.2 Å². The highest BCUT2D eigenvalue weighted by molar-refractivity contribution is 7.98. The smallest absolute Gasteiger partial charge is 0.412 e. The molecule has 3 atom stereocenters. The molecule has 0 aliphatic carbocycles. The predicted molar refractivity (Wildman–Crippen MR) is 215 cm³/mol. The molecule has 0 saturated heterocycles. The number of rotatable bonds is 14. The fourth-order valence-electron chi connectivity index (χ4n) is 5.08. The molecule has 4 rings (SSSR count). The lowest BCUT2D eigenvalue weighted by atomic mass is 10.0. The van der Waals surface area contributed by atoms with Gasteiger partial charge in [-0.2, -0.15) is 11.8 Å². The molecule has 0 aliphatic rings. The van der Waals surface area contributed by atoms with Crippen LogP contribution in [0.1, 0.15) is 66.5 Å². The lowest BCUT2D eigenvalue weighted by Crippen LogP contribution is -2.47. The highest BCUT2D eigenvalue weighted by atomic mass is 32.2. The quantitative estimate of drug-likeness (QED) is 0.103. The summed E-state index contributed by atoms with van der Waals surface area (Å²) in [4.78, 5) is 48.8. The van der Waals surface area contributed by atoms with Crippen molar-refractivity contribution >= 4 is 46.5 Å². The average Bonchev–Trinajstić information content (AvgIpc) is 3.12. The number of carbonyl (C=O) groups is 4. The number of hydrogen-bond acceptors (Lipinski definition) is 7. The molecule has 0 radical (unpaired) electrons. The van der Waals surface area contributed by atoms with Gasteiger partial charge in [-0.15, -0.1) is 0 Å². The number of hydrogen-bond donors (Lipinski definition) is 4. The Bertz CT molecular complexity index is 1780. The fourth-order valence-corrected chi connectivity index (χ4v) is 5.62. The minimum atomic E-state index is -0.538. The summed E-state index contributed by atoms with van der Waals surface area (Å²) < 4.78 is 10.7. The Labute approximate surface area is 318 Å². The molecule has 284 valence electrons. The zero-order chi connectivity index (χ0) is 38.9. The van der Waals surface area contributed by atoms with Crippen LogP contribution in [0.25, 0.3) is 10.8 Å². The van der Waals surface area contributed by atoms with Crippen LogP contribution in [0.15, 0.2) is 91.0 Å². The molecule has 0 aromatic heterocycles. The summed E-state index contributed by atoms with van der Waals surface area (Å²) in [5, 5.41) is 13.5. The molecular formula is C42H54N4O6S. The van der Waals surface area contributed by atoms with E-state index in [9.17, 15) is 19.2 Å². The molecule has 3 unspecified atom stereocenters. The Morgan fingerprint density at radius 1 is 0.623 bits per heavy atom. The van der Waals surface area contributed by atoms with E-state index in [1.807, 2.05) is 115 Å². The second-order valence-electron chi connectivity index (χ2n) is 13.7. The largest absolute Gasteiger partial charge is 0.446 e. The van der Waals surface area contributed by atoms with Crippen molar-refractivity contribution in [3.05, 3.63) is 113 Å². The molecule has 4 amide bonds. The highest BCUT2D eigenvalue weighted by Gasteiger charge is 2.21. The molecule has 0 fully saturated rings. The average molecular weight is 743 g/mol. The molecule has 53 heavy (non-hydrogen) atoms. The fraction of sp³-hybridized carbons (Fsp3) is 0.381. The molecule has 0 bridgehead atoms. The van der Waals surface area contributed by atoms with Crippen molar-refractivity contribution in [1.82, 2.24) is 21.3 Å². The van der Waals surface area contributed by atoms with Crippen LogP contribution in [0, 0.1) is 25.7 Å². The molecular weight excluding hydrogens is 689 g/mol. The first kappa shape index (κ1) is 42.4. The van der Waals surface area contributed by atoms with Crippen LogP contribution < -0.4 is 26.0 Å². The van der Waals surface area contributed by atoms with Crippen molar-refractivity contribution in [2.45, 2.75) is 66.7 Å². The minimum Gasteiger partial charge on any atom is -0.446 e. The van der Waals surface area contributed by atoms with Gasteiger partial charge in [0.05, 0.1) is 12.1 Å². The first-order valence-electron chi connectivity index (χ1n) is 17.9. The summed E-state index contributed by atoms with van der Waals surface area (Å²) in [7, 11) is 0. The van der Waals surface area contributed by atoms with Crippen molar-refractivity contribution in [3.63, 3.8) is 0 Å². The summed E-state index contributed by atoms with van der Waals surface area (Å²) in [6.45, 7) is 14.4. The molecule has 4 N–H and O–H groups in total. The molecule has 4 aromatic carbocycles. The first-order valence-corrected chi connectivity index (χ1v) is 19.3. The lowest BCUT2D eigenvalue weighted by molar-refractivity contribution is 0.0931. The van der Waals surface area contributed by atoms with Crippen molar-refractivity contribution < 1.29 is 28.7 Å². The zero-order valence-electron chi connectivity index (χ0n) is 32.0. The highest BCUT2D eigenvalue weighted by Crippen LogP contribution is 2.21. The van der Waals surface area contributed by atoms with E-state index in [0.29, 0.717) is 30.0 Å². The van der Waals surface area contributed by atoms with Crippen molar-refractivity contribution in [2.24, 2.45) is 11.8 Å². The van der Waals surface area contributed by atoms with Crippen LogP contribution in [0.4, 0.5) is 9.59 Å². The van der Waals surface area contributed by atoms with Crippen LogP contribution in [0.2, 0.25) is 0 Å². The van der Waals surface area contributed by atoms with Gasteiger partial charge in [0.2, 0.25) is 0 Å². The van der Waals surface area contributed by atoms with E-state index >= 15 is 0 Å². The van der Waals surface area contributed by atoms with Gasteiger partial charge < -0.3 is 30.7 Å². The molecule has 10 nitrogen and oxygen atoms in total. The minimum absolute atomic E-state index is 0.123. The molecule has 4 aromatic rings. The molecule has 11 heteroatoms. The van der Waals surface area contributed by atoms with E-state index < -0.39 is 12.2 Å². The third-order valence-corrected chi connectivity index (χ3v) is 9.25. The van der Waals surface area contributed by atoms with Gasteiger partial charge in [-0.3, -0.25) is 9.59 Å². The molecule has 0 aliphatic heterocycles. The number of fused-ring (bicyclic) bond motifs is 1. The number of thioether (sulfide) groups is 1. The van der Waals surface area contributed by atoms with Crippen LogP contribution >= 0.6 is 11.8 Å². The van der Waals surface area contributed by atoms with Gasteiger partial charge in [0, 0.05) is 30.0 Å². The third kappa shape index (κ3) is 14.9. The normalized spacial score (nSPS) is 12.5. The maximum atomic E-state index is 12.4. The Morgan fingerprint density at radius 2 is 1.09 bits per heavy atom. The van der Waals surface area contributed by atoms with Crippen molar-refractivity contribution in [1.29, 1.82) is 0 Å². The topological polar surface area (TPSA) is 135 Å². The number of carbonyl (C=O) groups excluding carboxylic acids is 4. The maximum absolute atomic E-state index is 12.4. The van der Waals surface area contributed by atoms with E-state index in [-0.39, 0.29) is 41.8 Å². The third-order valence-electron chi connectivity index (χ3n) is 8.45. The lowest BCUT2D eigenvalue weighted by Gasteiger charge is -2.23. The second-order valence-corrected chi connectivity index (χ2v) is 14.6. The number of amides is 4. The zero-order valence-corrected chi connectivity index (χ0v) is 32.8. The number of nitrogens with one attached hydrogen (secondary N) is 4. The van der Waals surface area contributed by atoms with Crippen LogP contribution in [0.3, 0.4) is 0 Å². The van der Waals surface area contributed by atoms with E-state index in [2.05, 4.69) is 21.3 Å². The Kier molecular flexibility index (Phi) is 17.2. The monoisotopic (exact) mass is 742 g/mol. The number of benzene rings is 4. The predicted octanol–water partition coefficient (Wildman–Crippen LogP) is 7.92. The molecule has 0 heterocycles. The number of alkyl carbamates (subject to hydrolysis) is 1. The Balaban J connectivity index is 0.000000291. The summed E-state index contributed by atoms with van der Waals surface area (Å²) in [6, 6.07) is 27.7. The van der Waals surface area contributed by atoms with Gasteiger partial charge in [-0.25, -0.2) is 9.59 Å². The SMILES string of the molecule is CSCC(C)OC(=O)NC(CNC(=O)c1ccc(C)cc1)C(C)C.Cc1ccc(C(=O)NCC(NC(=O)Oc2ccc3ccccc3c2)C(C)C)cc1. The van der Waals surface area contributed by atoms with Crippen LogP contribution in [-0.2, 0) is 4.74 Å². The summed E-state index contributed by atoms with van der Waals surface area (Å²) in [5.74, 6) is 1.22. The van der Waals surface area contributed by atoms with E-state index in [1.165, 1.54) is 0 Å². The van der Waals surface area contributed by atoms with Gasteiger partial charge in [-0.05, 0) is 86.0 Å². The van der Waals surface area contributed by atoms with Gasteiger partial charge in [0.15, 0.2) is 0 Å². The maximum Gasteiger partial charge on any atom is 0.412 e. The number of aryl methyl sites for hydroxylation is 2. The summed E-state index contributed by atoms with van der Waals surface area (Å²) >= 11 is 1.63. The van der Waals surface area contributed by atoms with Crippen molar-refractivity contribution in [2.75, 3.05) is 25.1 Å². The van der Waals surface area contributed by atoms with Crippen LogP contribution in [-0.4, -0.2) is 67.3 Å². The molecule has 0 spiro atoms. The van der Waals surface area contributed by atoms with E-state index in [1.54, 1.807) is 42.1 Å². The second kappa shape index (κ2) is 21.5. The van der Waals surface area contributed by atoms with Crippen molar-refractivity contribution in [3.8, 4) is 5.75 Å². The Hall–Kier alpha value is -5.03. The summed E-state index contributed by atoms with van der Waals surface area (Å²) in [6.07, 6.45) is 0.841. The number of ether oxygens (including phenoxy) is 2. The standard InChI is InChI=1S/C24H26N2O3.C18H28N2O3S/c1-16(2)22(15-25-23(27)19-10-8-17(3)9-11-19)26-24(28)29-21-13-12-18-6-4-5-7-20(18)14-21;1-12(2)16(20-18(22)23-14(4)11-24-5)10-19-17(21)15-8-6-13(3)7-9-15/h4-14,16,22H,15H2,1-3H3,(H,25,27)(H,26,28);6-9,12,14,16H,10-11H2,1-5H3,(H,19,21)(H,20,22). The molecule has 0 saturated carbocycles. The van der Waals surface area contributed by atoms with Gasteiger partial charge in [-0.1, -0.05) is 93.4 Å². The first-order chi connectivity index (χ1) is 25.2. The Morgan fingerprint density at radius 3 is 1.57 bits per heavy atom. The van der Waals surface area contributed by atoms with Gasteiger partial charge in [0.1, 0.15) is 11.9 Å². The summed E-state index contributed by atoms with van der Waals surface area (Å²) in [5.41, 5.74) is 3.41. The van der Waals surface area contributed by atoms with Crippen LogP contribution in [0.5, 0.6) is 5.75 Å².